The Kier molecular flexibility index (Phi) is 17.8. The van der Waals surface area contributed by atoms with Crippen molar-refractivity contribution in [2.45, 2.75) is 198 Å². The van der Waals surface area contributed by atoms with Crippen LogP contribution in [0.15, 0.2) is 23.3 Å². The molecule has 6 N–H and O–H groups in total. The number of hydrogen-bond donors (Lipinski definition) is 6. The van der Waals surface area contributed by atoms with Gasteiger partial charge in [-0.15, -0.1) is 0 Å². The molecule has 4 aliphatic heterocycles. The number of likely N-dealkylation sites (N-methyl/N-ethyl adjacent to an activating group) is 1. The van der Waals surface area contributed by atoms with E-state index in [1.54, 1.807) is 67.2 Å². The number of aromatic nitrogens is 1. The molecule has 65 heavy (non-hydrogen) atoms. The molecular formula is C47H81N5O13. The molecule has 4 saturated heterocycles. The summed E-state index contributed by atoms with van der Waals surface area (Å²) in [5.74, 6) is -2.25. The second-order valence-corrected chi connectivity index (χ2v) is 19.9. The summed E-state index contributed by atoms with van der Waals surface area (Å²) in [7, 11) is 4.99. The van der Waals surface area contributed by atoms with Crippen molar-refractivity contribution in [3.63, 3.8) is 0 Å². The van der Waals surface area contributed by atoms with Crippen molar-refractivity contribution in [2.75, 3.05) is 40.9 Å². The fraction of sp³-hybridized carbons (Fsp3) is 0.851. The van der Waals surface area contributed by atoms with Crippen molar-refractivity contribution >= 4 is 17.7 Å². The van der Waals surface area contributed by atoms with Gasteiger partial charge in [0, 0.05) is 45.1 Å². The molecule has 0 bridgehead atoms. The molecule has 1 aromatic heterocycles. The number of aliphatic hydroxyl groups is 4. The van der Waals surface area contributed by atoms with E-state index in [0.717, 1.165) is 6.42 Å². The van der Waals surface area contributed by atoms with Gasteiger partial charge in [0.1, 0.15) is 29.0 Å². The number of esters is 1. The third kappa shape index (κ3) is 11.6. The Hall–Kier alpha value is -2.75. The van der Waals surface area contributed by atoms with Crippen LogP contribution in [0.3, 0.4) is 0 Å². The van der Waals surface area contributed by atoms with Crippen molar-refractivity contribution < 1.29 is 63.1 Å². The third-order valence-corrected chi connectivity index (χ3v) is 14.5. The van der Waals surface area contributed by atoms with Gasteiger partial charge in [0.15, 0.2) is 18.7 Å². The highest BCUT2D eigenvalue weighted by Gasteiger charge is 2.59. The predicted octanol–water partition coefficient (Wildman–Crippen LogP) is 3.43. The zero-order chi connectivity index (χ0) is 48.2. The molecule has 0 aliphatic carbocycles. The number of nitrogens with zero attached hydrogens (tertiary/aromatic N) is 3. The van der Waals surface area contributed by atoms with Gasteiger partial charge in [-0.1, -0.05) is 27.7 Å². The average molecular weight is 924 g/mol. The average Bonchev–Trinajstić information content (AvgIpc) is 3.57. The van der Waals surface area contributed by atoms with Gasteiger partial charge in [-0.25, -0.2) is 4.98 Å². The summed E-state index contributed by atoms with van der Waals surface area (Å²) in [6.07, 6.45) is -4.68. The maximum absolute atomic E-state index is 14.6. The Labute approximate surface area is 386 Å². The lowest BCUT2D eigenvalue weighted by Crippen LogP contribution is -2.70. The number of fused-ring (bicyclic) bond motifs is 1. The minimum Gasteiger partial charge on any atom is -0.481 e. The lowest BCUT2D eigenvalue weighted by Gasteiger charge is -2.53. The normalized spacial score (nSPS) is 44.1. The second kappa shape index (κ2) is 21.7. The summed E-state index contributed by atoms with van der Waals surface area (Å²) >= 11 is 0. The van der Waals surface area contributed by atoms with Gasteiger partial charge in [-0.2, -0.15) is 4.99 Å². The van der Waals surface area contributed by atoms with Gasteiger partial charge in [-0.05, 0) is 99.2 Å². The number of carbonyl (C=O) groups is 1. The van der Waals surface area contributed by atoms with E-state index in [-0.39, 0.29) is 43.9 Å². The maximum atomic E-state index is 14.6. The number of aliphatic imine (C=N–C) groups is 1. The van der Waals surface area contributed by atoms with Crippen LogP contribution in [0.25, 0.3) is 0 Å². The van der Waals surface area contributed by atoms with Gasteiger partial charge < -0.3 is 73.9 Å². The van der Waals surface area contributed by atoms with E-state index in [9.17, 15) is 25.2 Å². The van der Waals surface area contributed by atoms with Gasteiger partial charge in [-0.3, -0.25) is 4.79 Å². The summed E-state index contributed by atoms with van der Waals surface area (Å²) in [6, 6.07) is 3.04. The molecule has 0 amide bonds. The molecular weight excluding hydrogens is 843 g/mol. The molecule has 18 heteroatoms. The molecule has 0 aromatic carbocycles. The number of carbonyl (C=O) groups excluding carboxylic acids is 1. The Morgan fingerprint density at radius 1 is 1.00 bits per heavy atom. The van der Waals surface area contributed by atoms with E-state index in [4.69, 9.17) is 42.9 Å². The fourth-order valence-corrected chi connectivity index (χ4v) is 10.3. The highest BCUT2D eigenvalue weighted by Crippen LogP contribution is 2.44. The molecule has 1 aromatic rings. The van der Waals surface area contributed by atoms with Crippen molar-refractivity contribution in [1.82, 2.24) is 20.5 Å². The zero-order valence-corrected chi connectivity index (χ0v) is 41.3. The zero-order valence-electron chi connectivity index (χ0n) is 41.3. The number of rotatable bonds is 12. The number of cyclic esters (lactones) is 1. The van der Waals surface area contributed by atoms with E-state index in [1.807, 2.05) is 46.6 Å². The van der Waals surface area contributed by atoms with Crippen LogP contribution in [0.1, 0.15) is 108 Å². The summed E-state index contributed by atoms with van der Waals surface area (Å²) in [5.41, 5.74) is -5.46. The molecule has 0 unspecified atom stereocenters. The van der Waals surface area contributed by atoms with Crippen LogP contribution < -0.4 is 15.4 Å². The third-order valence-electron chi connectivity index (χ3n) is 14.5. The first-order valence-electron chi connectivity index (χ1n) is 23.6. The van der Waals surface area contributed by atoms with E-state index >= 15 is 0 Å². The van der Waals surface area contributed by atoms with Crippen molar-refractivity contribution in [1.29, 1.82) is 0 Å². The van der Waals surface area contributed by atoms with Crippen LogP contribution in [-0.4, -0.2) is 173 Å². The molecule has 4 aliphatic rings. The lowest BCUT2D eigenvalue weighted by molar-refractivity contribution is -0.335. The minimum atomic E-state index is -1.83. The standard InChI is InChI=1S/C47H81N5O13/c1-15-19-48-25-47(57)31(8)61-36(22-45(47,10)59-14)63-37-28(5)40(44(9,55)21-26(3)23-49-30(7)39(53)46(11,56)34(16-2)62-41(54)29(37)6)65-42-38-33(20-27(4)60-42)52(12)43(64-38)51-32-17-18-35(58-13)50-24-32/h17-18,24,26-31,33-34,36-40,42,48-49,53,55-57H,15-16,19-23,25H2,1-14H3/t26-,27-,28+,29-,30-,31+,33+,34-,36+,37+,38-,39-,40-,42+,44-,45-,46-,47+/m1/s1. The SMILES string of the molecule is CCCNC[C@]1(O)[C@H](C)O[C@@H](O[C@H]2[C@H](C)[C@@H](O[C@@H]3O[C@H](C)C[C@H]4[C@H]3OC(=Nc3ccc(OC)nc3)N4C)[C@](C)(O)C[C@@H](C)CN[C@H](C)[C@@H](O)[C@](C)(O)[C@@H](CC)OC(=O)[C@@H]2C)C[C@@]1(C)OC. The van der Waals surface area contributed by atoms with Gasteiger partial charge in [0.05, 0.1) is 61.0 Å². The predicted molar refractivity (Wildman–Crippen MR) is 242 cm³/mol. The van der Waals surface area contributed by atoms with Gasteiger partial charge >= 0.3 is 5.97 Å². The maximum Gasteiger partial charge on any atom is 0.311 e. The van der Waals surface area contributed by atoms with Gasteiger partial charge in [0.2, 0.25) is 5.88 Å². The molecule has 0 radical (unpaired) electrons. The number of ether oxygens (including phenoxy) is 8. The number of methoxy groups -OCH3 is 2. The van der Waals surface area contributed by atoms with Gasteiger partial charge in [0.25, 0.3) is 6.02 Å². The Morgan fingerprint density at radius 2 is 1.71 bits per heavy atom. The first kappa shape index (κ1) is 53.2. The molecule has 18 nitrogen and oxygen atoms in total. The fourth-order valence-electron chi connectivity index (χ4n) is 10.3. The minimum absolute atomic E-state index is 0.0864. The summed E-state index contributed by atoms with van der Waals surface area (Å²) in [4.78, 5) is 25.6. The molecule has 5 heterocycles. The molecule has 0 spiro atoms. The Balaban J connectivity index is 1.57. The Morgan fingerprint density at radius 3 is 2.32 bits per heavy atom. The smallest absolute Gasteiger partial charge is 0.311 e. The number of amidine groups is 1. The van der Waals surface area contributed by atoms with Crippen LogP contribution in [0, 0.1) is 17.8 Å². The molecule has 5 rings (SSSR count). The van der Waals surface area contributed by atoms with Crippen molar-refractivity contribution in [3.05, 3.63) is 18.3 Å². The number of aliphatic hydroxyl groups excluding tert-OH is 1. The van der Waals surface area contributed by atoms with Crippen molar-refractivity contribution in [3.8, 4) is 5.88 Å². The van der Waals surface area contributed by atoms with E-state index in [1.165, 1.54) is 6.92 Å². The van der Waals surface area contributed by atoms with E-state index in [0.29, 0.717) is 37.1 Å². The quantitative estimate of drug-likeness (QED) is 0.131. The highest BCUT2D eigenvalue weighted by atomic mass is 16.7. The summed E-state index contributed by atoms with van der Waals surface area (Å²) in [6.45, 7) is 21.1. The molecule has 372 valence electrons. The van der Waals surface area contributed by atoms with Crippen LogP contribution in [-0.2, 0) is 38.0 Å². The first-order chi connectivity index (χ1) is 30.5. The molecule has 18 atom stereocenters. The lowest BCUT2D eigenvalue weighted by atomic mass is 9.75. The summed E-state index contributed by atoms with van der Waals surface area (Å²) in [5, 5.41) is 55.0. The van der Waals surface area contributed by atoms with Crippen LogP contribution in [0.4, 0.5) is 5.69 Å². The van der Waals surface area contributed by atoms with Crippen LogP contribution in [0.5, 0.6) is 5.88 Å². The number of nitrogens with one attached hydrogen (secondary N) is 2. The first-order valence-corrected chi connectivity index (χ1v) is 23.6. The summed E-state index contributed by atoms with van der Waals surface area (Å²) < 4.78 is 51.1. The largest absolute Gasteiger partial charge is 0.481 e. The monoisotopic (exact) mass is 924 g/mol. The van der Waals surface area contributed by atoms with E-state index in [2.05, 4.69) is 15.6 Å². The van der Waals surface area contributed by atoms with Crippen LogP contribution in [0.2, 0.25) is 0 Å². The van der Waals surface area contributed by atoms with E-state index < -0.39 is 95.5 Å². The highest BCUT2D eigenvalue weighted by molar-refractivity contribution is 5.79. The number of pyridine rings is 1. The second-order valence-electron chi connectivity index (χ2n) is 19.9. The molecule has 0 saturated carbocycles. The van der Waals surface area contributed by atoms with Crippen molar-refractivity contribution in [2.24, 2.45) is 22.7 Å². The van der Waals surface area contributed by atoms with Crippen LogP contribution >= 0.6 is 0 Å². The topological polar surface area (TPSA) is 224 Å². The molecule has 4 fully saturated rings. The number of hydrogen-bond acceptors (Lipinski definition) is 17. The Bertz CT molecular complexity index is 1720.